The van der Waals surface area contributed by atoms with E-state index in [1.54, 1.807) is 0 Å². The average molecular weight is 1810 g/mol. The maximum Gasteiger partial charge on any atom is 0.306 e. The van der Waals surface area contributed by atoms with Gasteiger partial charge in [-0.2, -0.15) is 0 Å². The van der Waals surface area contributed by atoms with Crippen LogP contribution in [-0.4, -0.2) is 65.0 Å². The van der Waals surface area contributed by atoms with Gasteiger partial charge in [-0.15, -0.1) is 0 Å². The second kappa shape index (κ2) is 50.8. The summed E-state index contributed by atoms with van der Waals surface area (Å²) in [5.74, 6) is 13.4. The van der Waals surface area contributed by atoms with E-state index in [1.165, 1.54) is 104 Å². The van der Waals surface area contributed by atoms with Crippen LogP contribution in [0.2, 0.25) is 0 Å². The van der Waals surface area contributed by atoms with Gasteiger partial charge in [0, 0.05) is 68.3 Å². The molecule has 8 aliphatic rings. The summed E-state index contributed by atoms with van der Waals surface area (Å²) >= 11 is 0. The minimum absolute atomic E-state index is 0.0337. The molecule has 0 spiro atoms. The number of nitrogens with zero attached hydrogens (tertiary/aromatic N) is 4. The molecule has 135 heavy (non-hydrogen) atoms. The van der Waals surface area contributed by atoms with E-state index in [4.69, 9.17) is 29.4 Å². The molecule has 12 heteroatoms. The van der Waals surface area contributed by atoms with Crippen LogP contribution in [0.5, 0.6) is 0 Å². The lowest BCUT2D eigenvalue weighted by Crippen LogP contribution is -2.08. The zero-order valence-electron chi connectivity index (χ0n) is 85.5. The van der Waals surface area contributed by atoms with Crippen molar-refractivity contribution in [1.29, 1.82) is 0 Å². The molecule has 0 atom stereocenters. The summed E-state index contributed by atoms with van der Waals surface area (Å²) in [7, 11) is 0. The molecule has 6 aromatic heterocycles. The van der Waals surface area contributed by atoms with Crippen LogP contribution in [-0.2, 0) is 44.7 Å². The highest BCUT2D eigenvalue weighted by atomic mass is 16.5. The predicted molar refractivity (Wildman–Crippen MR) is 576 cm³/mol. The molecule has 0 aliphatic carbocycles. The molecule has 4 N–H and O–H groups in total. The molecule has 0 unspecified atom stereocenters. The number of H-pyrrole nitrogens is 4. The number of carbonyl (C=O) groups excluding carboxylic acids is 2. The zero-order valence-corrected chi connectivity index (χ0v) is 85.5. The third-order valence-electron chi connectivity index (χ3n) is 29.2. The van der Waals surface area contributed by atoms with Gasteiger partial charge in [0.1, 0.15) is 13.2 Å². The van der Waals surface area contributed by atoms with Crippen LogP contribution >= 0.6 is 0 Å². The van der Waals surface area contributed by atoms with Gasteiger partial charge >= 0.3 is 11.9 Å². The molecule has 14 heterocycles. The van der Waals surface area contributed by atoms with E-state index in [0.29, 0.717) is 0 Å². The third-order valence-corrected chi connectivity index (χ3v) is 29.2. The minimum Gasteiger partial charge on any atom is -0.461 e. The highest BCUT2D eigenvalue weighted by Gasteiger charge is 2.31. The second-order valence-electron chi connectivity index (χ2n) is 39.2. The molecule has 0 saturated heterocycles. The van der Waals surface area contributed by atoms with E-state index in [2.05, 4.69) is 239 Å². The summed E-state index contributed by atoms with van der Waals surface area (Å²) in [6.07, 6.45) is 51.8. The number of hydrogen-bond acceptors (Lipinski definition) is 8. The Balaban J connectivity index is 1.09. The van der Waals surface area contributed by atoms with Crippen molar-refractivity contribution in [3.8, 4) is 45.9 Å². The number of hydrogen-bond donors (Lipinski definition) is 4. The maximum absolute atomic E-state index is 14.1. The van der Waals surface area contributed by atoms with Gasteiger partial charge in [0.15, 0.2) is 0 Å². The highest BCUT2D eigenvalue weighted by Crippen LogP contribution is 2.48. The van der Waals surface area contributed by atoms with Gasteiger partial charge in [0.2, 0.25) is 0 Å². The molecule has 8 aromatic rings. The van der Waals surface area contributed by atoms with Crippen molar-refractivity contribution in [3.05, 3.63) is 197 Å². The van der Waals surface area contributed by atoms with Crippen molar-refractivity contribution in [3.63, 3.8) is 0 Å². The molecule has 0 fully saturated rings. The van der Waals surface area contributed by atoms with E-state index in [0.717, 1.165) is 376 Å². The number of unbranched alkanes of at least 4 members (excludes halogenated alkanes) is 24. The molecule has 12 nitrogen and oxygen atoms in total. The van der Waals surface area contributed by atoms with Crippen molar-refractivity contribution >= 4 is 113 Å². The lowest BCUT2D eigenvalue weighted by Gasteiger charge is -2.10. The summed E-state index contributed by atoms with van der Waals surface area (Å²) in [6, 6.07) is 27.3. The van der Waals surface area contributed by atoms with Gasteiger partial charge in [0.25, 0.3) is 0 Å². The fraction of sp³-hybridized carbons (Fsp3) is 0.496. The van der Waals surface area contributed by atoms with Gasteiger partial charge in [0.05, 0.1) is 67.6 Å². The number of ether oxygens (including phenoxy) is 2. The lowest BCUT2D eigenvalue weighted by molar-refractivity contribution is -0.144. The smallest absolute Gasteiger partial charge is 0.306 e. The number of aromatic nitrogens is 8. The monoisotopic (exact) mass is 1810 g/mol. The minimum atomic E-state index is -0.373. The van der Waals surface area contributed by atoms with Gasteiger partial charge < -0.3 is 29.4 Å². The van der Waals surface area contributed by atoms with Crippen LogP contribution in [0.1, 0.15) is 446 Å². The zero-order chi connectivity index (χ0) is 95.3. The van der Waals surface area contributed by atoms with E-state index in [1.807, 2.05) is 12.2 Å². The molecule has 0 saturated carbocycles. The Morgan fingerprint density at radius 1 is 0.311 bits per heavy atom. The van der Waals surface area contributed by atoms with Crippen molar-refractivity contribution in [2.75, 3.05) is 13.2 Å². The quantitative estimate of drug-likeness (QED) is 0.0167. The Morgan fingerprint density at radius 3 is 0.978 bits per heavy atom. The number of nitrogens with one attached hydrogen (secondary N) is 4. The molecule has 8 aliphatic heterocycles. The number of aryl methyl sites for hydroxylation is 8. The summed E-state index contributed by atoms with van der Waals surface area (Å²) in [5.41, 5.74) is 43.9. The number of carbonyl (C=O) groups is 2. The first kappa shape index (κ1) is 102. The first-order valence-electron chi connectivity index (χ1n) is 53.1. The first-order valence-corrected chi connectivity index (χ1v) is 53.1. The first-order chi connectivity index (χ1) is 65.9. The Hall–Kier alpha value is -10.8. The third kappa shape index (κ3) is 25.2. The predicted octanol–water partition coefficient (Wildman–Crippen LogP) is 34.3. The van der Waals surface area contributed by atoms with Gasteiger partial charge in [-0.25, -0.2) is 19.9 Å². The summed E-state index contributed by atoms with van der Waals surface area (Å²) in [4.78, 5) is 68.9. The van der Waals surface area contributed by atoms with E-state index in [-0.39, 0.29) is 44.4 Å². The Bertz CT molecular complexity index is 6120. The summed E-state index contributed by atoms with van der Waals surface area (Å²) < 4.78 is 12.3. The number of aromatic amines is 4. The van der Waals surface area contributed by atoms with Crippen LogP contribution in [0.25, 0.3) is 123 Å². The standard InChI is InChI=1S/C123H158N8O4/c1-17-25-33-41-62-94-82(9)116-102-70-54-74-134-112(132)72-53-73-113(133)135-75-55-71-103-118-84(11)96(64-43-35-27-19-3)106(126-118)80-110-100(68-47-39-31-23-7)88(15)122(130-110)115(123-89(16)101(69-48-40-32-24-8)111(131-123)81-107-97(65-44-36-28-20-4)85(12)119(103)127-107)93-61-52-59-91(77-93)57-50-49-56-90-58-51-60-92(76-90)114(120-86(13)98(66-45-37-29-21-5)108(128-120)78-104(94)124-116)121-87(14)99(67-46-38-30-22-6)109(129-121)79-105-95(63-42-34-26-18-2)83(10)117(102)125-105/h51-52,54-55,58-61,70-71,76-81,124,128,130-131H,17-48,53,62-69,72-75H2,1-16H3/b70-54?,71-55-,104-78?,105-79?,106-80?,107-81?,108-78?,109-79?,110-80?,111-81?,116-102?,117-102?,118-103?,119-103?,120-114?,121-114?,122-115?,123-115?. The number of esters is 2. The lowest BCUT2D eigenvalue weighted by atomic mass is 9.93. The Morgan fingerprint density at radius 2 is 0.607 bits per heavy atom. The molecule has 16 rings (SSSR count). The number of allylic oxidation sites excluding steroid dienone is 8. The number of benzene rings is 2. The van der Waals surface area contributed by atoms with Crippen molar-refractivity contribution < 1.29 is 19.1 Å². The topological polar surface area (TPSA) is 167 Å². The summed E-state index contributed by atoms with van der Waals surface area (Å²) in [5, 5.41) is 0. The van der Waals surface area contributed by atoms with Crippen LogP contribution in [0.3, 0.4) is 0 Å². The summed E-state index contributed by atoms with van der Waals surface area (Å²) in [6.45, 7) is 36.9. The molecule has 714 valence electrons. The van der Waals surface area contributed by atoms with Crippen molar-refractivity contribution in [1.82, 2.24) is 39.9 Å². The Labute approximate surface area is 809 Å². The van der Waals surface area contributed by atoms with Gasteiger partial charge in [-0.3, -0.25) is 9.59 Å². The molecular weight excluding hydrogens is 1650 g/mol. The normalized spacial score (nSPS) is 14.1. The van der Waals surface area contributed by atoms with Gasteiger partial charge in [-0.05, 0) is 337 Å². The van der Waals surface area contributed by atoms with Crippen LogP contribution in [0, 0.1) is 51.4 Å². The van der Waals surface area contributed by atoms with E-state index < -0.39 is 0 Å². The fourth-order valence-corrected chi connectivity index (χ4v) is 21.2. The largest absolute Gasteiger partial charge is 0.461 e. The second-order valence-corrected chi connectivity index (χ2v) is 39.2. The number of rotatable bonds is 40. The van der Waals surface area contributed by atoms with E-state index in [9.17, 15) is 9.59 Å². The van der Waals surface area contributed by atoms with Crippen LogP contribution in [0.15, 0.2) is 84.9 Å². The van der Waals surface area contributed by atoms with Crippen LogP contribution in [0.4, 0.5) is 0 Å². The van der Waals surface area contributed by atoms with Crippen LogP contribution < -0.4 is 0 Å². The van der Waals surface area contributed by atoms with Crippen molar-refractivity contribution in [2.45, 2.75) is 387 Å². The molecule has 0 amide bonds. The average Bonchev–Trinajstić information content (AvgIpc) is 1.59. The van der Waals surface area contributed by atoms with Crippen molar-refractivity contribution in [2.24, 2.45) is 0 Å². The SMILES string of the molecule is CCCCCCC1=C(C)c2nc1cc1[nH]c(c(C)c1CCCCCC)c1c3[nH]c(cc4nc(c2/C=C\COC(=O)CCCC(=O)OCC=Cc2c5nc(cc6nc(c(c7[nH]c(cc8[nH]c2c(C)c8CCCCCC)c(CCCCCC)c7C)-c2cccc(c2)C#CC#Cc2cccc-1c2)C(C)=C6CCCCCC)C(CCCCCC)=C5C)C(C)=C4CCCCCC)c(CCCCCC)c3C. The molecule has 0 radical (unpaired) electrons. The highest BCUT2D eigenvalue weighted by molar-refractivity contribution is 6.05. The maximum atomic E-state index is 14.1. The molecule has 2 aromatic carbocycles. The molecule has 24 bridgehead atoms. The van der Waals surface area contributed by atoms with Gasteiger partial charge in [-0.1, -0.05) is 258 Å². The molecular formula is C123H158N8O4. The fourth-order valence-electron chi connectivity index (χ4n) is 21.2. The Kier molecular flexibility index (Phi) is 38.3. The van der Waals surface area contributed by atoms with E-state index >= 15 is 0 Å².